The van der Waals surface area contributed by atoms with E-state index in [0.717, 1.165) is 81.4 Å². The summed E-state index contributed by atoms with van der Waals surface area (Å²) in [5.74, 6) is 1.58. The number of ether oxygens (including phenoxy) is 2. The Labute approximate surface area is 175 Å². The molecule has 2 fully saturated rings. The summed E-state index contributed by atoms with van der Waals surface area (Å²) in [4.78, 5) is 23.0. The molecule has 1 unspecified atom stereocenters. The van der Waals surface area contributed by atoms with Crippen molar-refractivity contribution in [2.45, 2.75) is 32.0 Å². The van der Waals surface area contributed by atoms with E-state index in [-0.39, 0.29) is 6.10 Å². The number of rotatable bonds is 6. The highest BCUT2D eigenvalue weighted by molar-refractivity contribution is 5.83. The third-order valence-corrected chi connectivity index (χ3v) is 5.85. The lowest BCUT2D eigenvalue weighted by Gasteiger charge is -2.35. The second kappa shape index (κ2) is 8.53. The quantitative estimate of drug-likeness (QED) is 0.609. The molecule has 30 heavy (non-hydrogen) atoms. The molecular formula is C21H27N7O2. The Morgan fingerprint density at radius 1 is 1.13 bits per heavy atom. The average Bonchev–Trinajstić information content (AvgIpc) is 3.45. The lowest BCUT2D eigenvalue weighted by molar-refractivity contribution is 0.0978. The lowest BCUT2D eigenvalue weighted by Crippen LogP contribution is -2.46. The zero-order valence-electron chi connectivity index (χ0n) is 17.3. The number of fused-ring (bicyclic) bond motifs is 1. The molecule has 3 aromatic rings. The molecule has 0 aliphatic carbocycles. The van der Waals surface area contributed by atoms with Crippen molar-refractivity contribution in [3.05, 3.63) is 36.5 Å². The van der Waals surface area contributed by atoms with Gasteiger partial charge in [-0.25, -0.2) is 19.9 Å². The molecule has 0 saturated carbocycles. The van der Waals surface area contributed by atoms with Crippen LogP contribution in [-0.2, 0) is 17.8 Å². The van der Waals surface area contributed by atoms with Gasteiger partial charge in [0.05, 0.1) is 31.8 Å². The number of hydrogen-bond acceptors (Lipinski definition) is 8. The fraction of sp³-hybridized carbons (Fsp3) is 0.524. The van der Waals surface area contributed by atoms with Crippen molar-refractivity contribution < 1.29 is 9.47 Å². The predicted molar refractivity (Wildman–Crippen MR) is 113 cm³/mol. The maximum atomic E-state index is 5.78. The van der Waals surface area contributed by atoms with Crippen LogP contribution >= 0.6 is 0 Å². The van der Waals surface area contributed by atoms with Crippen molar-refractivity contribution in [3.63, 3.8) is 0 Å². The smallest absolute Gasteiger partial charge is 0.213 e. The number of piperazine rings is 1. The molecule has 2 saturated heterocycles. The second-order valence-electron chi connectivity index (χ2n) is 7.84. The van der Waals surface area contributed by atoms with Crippen LogP contribution in [0, 0.1) is 0 Å². The first kappa shape index (κ1) is 19.2. The molecule has 2 aliphatic rings. The first-order valence-corrected chi connectivity index (χ1v) is 10.5. The van der Waals surface area contributed by atoms with Gasteiger partial charge in [0.1, 0.15) is 6.33 Å². The Morgan fingerprint density at radius 2 is 2.03 bits per heavy atom. The summed E-state index contributed by atoms with van der Waals surface area (Å²) in [6.07, 6.45) is 6.01. The second-order valence-corrected chi connectivity index (χ2v) is 7.84. The number of nitrogens with zero attached hydrogens (tertiary/aromatic N) is 7. The largest absolute Gasteiger partial charge is 0.481 e. The zero-order chi connectivity index (χ0) is 20.3. The maximum absolute atomic E-state index is 5.78. The normalized spacial score (nSPS) is 20.2. The average molecular weight is 409 g/mol. The van der Waals surface area contributed by atoms with E-state index in [1.807, 2.05) is 24.5 Å². The molecule has 0 N–H and O–H groups in total. The highest BCUT2D eigenvalue weighted by atomic mass is 16.5. The molecule has 0 aromatic carbocycles. The molecule has 0 amide bonds. The van der Waals surface area contributed by atoms with E-state index in [1.54, 1.807) is 13.4 Å². The number of imidazole rings is 1. The van der Waals surface area contributed by atoms with Crippen LogP contribution in [0.15, 0.2) is 30.9 Å². The lowest BCUT2D eigenvalue weighted by atomic mass is 10.2. The van der Waals surface area contributed by atoms with Crippen molar-refractivity contribution in [2.75, 3.05) is 44.8 Å². The van der Waals surface area contributed by atoms with E-state index in [9.17, 15) is 0 Å². The third-order valence-electron chi connectivity index (χ3n) is 5.85. The van der Waals surface area contributed by atoms with Crippen molar-refractivity contribution in [2.24, 2.45) is 0 Å². The zero-order valence-corrected chi connectivity index (χ0v) is 17.3. The molecular weight excluding hydrogens is 382 g/mol. The van der Waals surface area contributed by atoms with Gasteiger partial charge in [-0.15, -0.1) is 0 Å². The molecule has 158 valence electrons. The monoisotopic (exact) mass is 409 g/mol. The summed E-state index contributed by atoms with van der Waals surface area (Å²) in [6, 6.07) is 5.91. The number of pyridine rings is 1. The van der Waals surface area contributed by atoms with E-state index in [4.69, 9.17) is 9.47 Å². The van der Waals surface area contributed by atoms with Gasteiger partial charge in [0, 0.05) is 45.4 Å². The minimum atomic E-state index is 0.259. The van der Waals surface area contributed by atoms with Gasteiger partial charge in [0.15, 0.2) is 17.0 Å². The van der Waals surface area contributed by atoms with Crippen LogP contribution in [-0.4, -0.2) is 75.4 Å². The summed E-state index contributed by atoms with van der Waals surface area (Å²) in [5.41, 5.74) is 2.79. The van der Waals surface area contributed by atoms with Gasteiger partial charge in [-0.3, -0.25) is 4.90 Å². The molecule has 0 radical (unpaired) electrons. The molecule has 2 aliphatic heterocycles. The first-order valence-electron chi connectivity index (χ1n) is 10.5. The molecule has 0 spiro atoms. The fourth-order valence-electron chi connectivity index (χ4n) is 4.25. The third kappa shape index (κ3) is 3.95. The van der Waals surface area contributed by atoms with Crippen LogP contribution < -0.4 is 9.64 Å². The summed E-state index contributed by atoms with van der Waals surface area (Å²) >= 11 is 0. The van der Waals surface area contributed by atoms with Crippen LogP contribution in [0.25, 0.3) is 11.2 Å². The van der Waals surface area contributed by atoms with Crippen molar-refractivity contribution >= 4 is 17.0 Å². The highest BCUT2D eigenvalue weighted by Gasteiger charge is 2.23. The number of anilines is 1. The van der Waals surface area contributed by atoms with Crippen LogP contribution in [0.2, 0.25) is 0 Å². The van der Waals surface area contributed by atoms with E-state index in [0.29, 0.717) is 5.88 Å². The summed E-state index contributed by atoms with van der Waals surface area (Å²) in [7, 11) is 1.65. The van der Waals surface area contributed by atoms with E-state index in [1.165, 1.54) is 0 Å². The Balaban J connectivity index is 1.26. The summed E-state index contributed by atoms with van der Waals surface area (Å²) in [6.45, 7) is 6.16. The van der Waals surface area contributed by atoms with Gasteiger partial charge in [-0.1, -0.05) is 6.07 Å². The maximum Gasteiger partial charge on any atom is 0.213 e. The molecule has 0 bridgehead atoms. The highest BCUT2D eigenvalue weighted by Crippen LogP contribution is 2.24. The Morgan fingerprint density at radius 3 is 2.83 bits per heavy atom. The topological polar surface area (TPSA) is 81.4 Å². The minimum Gasteiger partial charge on any atom is -0.481 e. The number of methoxy groups -OCH3 is 1. The SMILES string of the molecule is COc1cccc(CN2CCN(c3ncnc4c3ncn4CC3CCCO3)CC2)n1. The molecule has 3 aromatic heterocycles. The van der Waals surface area contributed by atoms with E-state index < -0.39 is 0 Å². The molecule has 9 heteroatoms. The first-order chi connectivity index (χ1) is 14.8. The van der Waals surface area contributed by atoms with Crippen LogP contribution in [0.4, 0.5) is 5.82 Å². The van der Waals surface area contributed by atoms with Gasteiger partial charge in [-0.2, -0.15) is 0 Å². The summed E-state index contributed by atoms with van der Waals surface area (Å²) in [5, 5.41) is 0. The van der Waals surface area contributed by atoms with Crippen molar-refractivity contribution in [3.8, 4) is 5.88 Å². The molecule has 1 atom stereocenters. The molecule has 9 nitrogen and oxygen atoms in total. The van der Waals surface area contributed by atoms with Gasteiger partial charge < -0.3 is 18.9 Å². The minimum absolute atomic E-state index is 0.259. The van der Waals surface area contributed by atoms with Gasteiger partial charge >= 0.3 is 0 Å². The summed E-state index contributed by atoms with van der Waals surface area (Å²) < 4.78 is 13.1. The Hall–Kier alpha value is -2.78. The number of hydrogen-bond donors (Lipinski definition) is 0. The Kier molecular flexibility index (Phi) is 5.46. The van der Waals surface area contributed by atoms with Crippen molar-refractivity contribution in [1.82, 2.24) is 29.4 Å². The van der Waals surface area contributed by atoms with Crippen LogP contribution in [0.1, 0.15) is 18.5 Å². The molecule has 5 rings (SSSR count). The fourth-order valence-corrected chi connectivity index (χ4v) is 4.25. The predicted octanol–water partition coefficient (Wildman–Crippen LogP) is 1.73. The van der Waals surface area contributed by atoms with Crippen LogP contribution in [0.5, 0.6) is 5.88 Å². The van der Waals surface area contributed by atoms with E-state index in [2.05, 4.69) is 34.3 Å². The van der Waals surface area contributed by atoms with Crippen LogP contribution in [0.3, 0.4) is 0 Å². The standard InChI is InChI=1S/C21H27N7O2/c1-29-18-6-2-4-16(25-18)12-26-7-9-27(10-8-26)20-19-21(23-14-22-20)28(15-24-19)13-17-5-3-11-30-17/h2,4,6,14-15,17H,3,5,7-13H2,1H3. The van der Waals surface area contributed by atoms with Gasteiger partial charge in [0.2, 0.25) is 5.88 Å². The van der Waals surface area contributed by atoms with Crippen molar-refractivity contribution in [1.29, 1.82) is 0 Å². The van der Waals surface area contributed by atoms with Gasteiger partial charge in [0.25, 0.3) is 0 Å². The number of aromatic nitrogens is 5. The van der Waals surface area contributed by atoms with E-state index >= 15 is 0 Å². The van der Waals surface area contributed by atoms with Gasteiger partial charge in [-0.05, 0) is 18.9 Å². The molecule has 5 heterocycles. The Bertz CT molecular complexity index is 994.